The van der Waals surface area contributed by atoms with Crippen LogP contribution in [-0.2, 0) is 0 Å². The van der Waals surface area contributed by atoms with Crippen molar-refractivity contribution >= 4 is 17.6 Å². The molecule has 2 amide bonds. The molecule has 1 fully saturated rings. The largest absolute Gasteiger partial charge is 0.338 e. The Balaban J connectivity index is 1.55. The van der Waals surface area contributed by atoms with Crippen molar-refractivity contribution in [1.29, 1.82) is 0 Å². The van der Waals surface area contributed by atoms with Gasteiger partial charge in [0.1, 0.15) is 0 Å². The van der Waals surface area contributed by atoms with Gasteiger partial charge in [-0.1, -0.05) is 30.7 Å². The first-order valence-electron chi connectivity index (χ1n) is 9.33. The van der Waals surface area contributed by atoms with Crippen LogP contribution in [-0.4, -0.2) is 61.6 Å². The predicted octanol–water partition coefficient (Wildman–Crippen LogP) is 3.12. The minimum absolute atomic E-state index is 0.0615. The Hall–Kier alpha value is -1.30. The fraction of sp³-hybridized carbons (Fsp3) is 0.632. The summed E-state index contributed by atoms with van der Waals surface area (Å²) in [5.41, 5.74) is 1.01. The first-order chi connectivity index (χ1) is 12.1. The second-order valence-corrected chi connectivity index (χ2v) is 7.10. The van der Waals surface area contributed by atoms with Crippen LogP contribution < -0.4 is 10.6 Å². The lowest BCUT2D eigenvalue weighted by atomic mass is 10.1. The molecule has 1 saturated heterocycles. The van der Waals surface area contributed by atoms with Crippen LogP contribution in [0.4, 0.5) is 4.79 Å². The molecule has 0 bridgehead atoms. The van der Waals surface area contributed by atoms with Crippen LogP contribution >= 0.6 is 11.6 Å². The van der Waals surface area contributed by atoms with Crippen LogP contribution in [0, 0.1) is 0 Å². The van der Waals surface area contributed by atoms with E-state index in [0.717, 1.165) is 31.5 Å². The normalized spacial score (nSPS) is 17.2. The molecule has 2 N–H and O–H groups in total. The third-order valence-corrected chi connectivity index (χ3v) is 5.03. The van der Waals surface area contributed by atoms with E-state index in [0.29, 0.717) is 11.6 Å². The molecule has 1 heterocycles. The number of carbonyl (C=O) groups excluding carboxylic acids is 1. The van der Waals surface area contributed by atoms with Crippen molar-refractivity contribution in [3.8, 4) is 0 Å². The zero-order chi connectivity index (χ0) is 18.1. The minimum Gasteiger partial charge on any atom is -0.338 e. The highest BCUT2D eigenvalue weighted by Gasteiger charge is 2.14. The number of nitrogens with zero attached hydrogens (tertiary/aromatic N) is 2. The molecule has 5 nitrogen and oxygen atoms in total. The molecule has 1 aromatic rings. The van der Waals surface area contributed by atoms with Crippen molar-refractivity contribution in [3.05, 3.63) is 34.9 Å². The topological polar surface area (TPSA) is 47.6 Å². The van der Waals surface area contributed by atoms with Crippen LogP contribution in [0.5, 0.6) is 0 Å². The number of hydrogen-bond donors (Lipinski definition) is 2. The molecule has 140 valence electrons. The van der Waals surface area contributed by atoms with Gasteiger partial charge in [0.25, 0.3) is 0 Å². The first kappa shape index (κ1) is 20.0. The maximum Gasteiger partial charge on any atom is 0.315 e. The van der Waals surface area contributed by atoms with E-state index < -0.39 is 0 Å². The Bertz CT molecular complexity index is 532. The summed E-state index contributed by atoms with van der Waals surface area (Å²) in [6, 6.07) is 7.39. The maximum atomic E-state index is 12.0. The van der Waals surface area contributed by atoms with Crippen LogP contribution in [0.15, 0.2) is 24.3 Å². The fourth-order valence-electron chi connectivity index (χ4n) is 3.10. The van der Waals surface area contributed by atoms with Crippen molar-refractivity contribution in [2.75, 3.05) is 45.8 Å². The van der Waals surface area contributed by atoms with Crippen LogP contribution in [0.1, 0.15) is 38.3 Å². The van der Waals surface area contributed by atoms with Gasteiger partial charge in [-0.25, -0.2) is 4.79 Å². The van der Waals surface area contributed by atoms with Gasteiger partial charge < -0.3 is 20.4 Å². The van der Waals surface area contributed by atoms with E-state index in [9.17, 15) is 4.79 Å². The lowest BCUT2D eigenvalue weighted by Gasteiger charge is -2.33. The monoisotopic (exact) mass is 366 g/mol. The predicted molar refractivity (Wildman–Crippen MR) is 104 cm³/mol. The highest BCUT2D eigenvalue weighted by molar-refractivity contribution is 6.30. The maximum absolute atomic E-state index is 12.0. The van der Waals surface area contributed by atoms with Crippen LogP contribution in [0.25, 0.3) is 0 Å². The van der Waals surface area contributed by atoms with Gasteiger partial charge in [0.15, 0.2) is 0 Å². The van der Waals surface area contributed by atoms with E-state index in [1.165, 1.54) is 26.2 Å². The molecule has 1 aliphatic rings. The summed E-state index contributed by atoms with van der Waals surface area (Å²) in [5, 5.41) is 6.58. The van der Waals surface area contributed by atoms with E-state index in [1.54, 1.807) is 0 Å². The average molecular weight is 367 g/mol. The lowest BCUT2D eigenvalue weighted by Crippen LogP contribution is -2.46. The number of nitrogens with one attached hydrogen (secondary N) is 2. The van der Waals surface area contributed by atoms with Crippen LogP contribution in [0.3, 0.4) is 0 Å². The molecule has 6 heteroatoms. The zero-order valence-electron chi connectivity index (χ0n) is 15.4. The number of hydrogen-bond acceptors (Lipinski definition) is 3. The number of carbonyl (C=O) groups is 1. The van der Waals surface area contributed by atoms with Crippen molar-refractivity contribution in [3.63, 3.8) is 0 Å². The molecule has 1 aliphatic heterocycles. The molecular formula is C19H31ClN4O. The highest BCUT2D eigenvalue weighted by Crippen LogP contribution is 2.17. The van der Waals surface area contributed by atoms with Crippen LogP contribution in [0.2, 0.25) is 5.02 Å². The quantitative estimate of drug-likeness (QED) is 0.695. The third-order valence-electron chi connectivity index (χ3n) is 4.80. The number of likely N-dealkylation sites (N-methyl/N-ethyl adjacent to an activating group) is 1. The Kier molecular flexibility index (Phi) is 8.52. The standard InChI is InChI=1S/C19H31ClN4O/c1-3-23-11-13-24(14-12-23)10-5-4-9-21-19(25)22-16(2)17-7-6-8-18(20)15-17/h6-8,15-16H,3-5,9-14H2,1-2H3,(H2,21,22,25). The third kappa shape index (κ3) is 7.22. The summed E-state index contributed by atoms with van der Waals surface area (Å²) in [6.07, 6.45) is 2.13. The minimum atomic E-state index is -0.121. The molecule has 0 radical (unpaired) electrons. The zero-order valence-corrected chi connectivity index (χ0v) is 16.2. The Morgan fingerprint density at radius 1 is 1.20 bits per heavy atom. The molecule has 25 heavy (non-hydrogen) atoms. The van der Waals surface area contributed by atoms with E-state index >= 15 is 0 Å². The van der Waals surface area contributed by atoms with Crippen molar-refractivity contribution in [2.45, 2.75) is 32.7 Å². The summed E-state index contributed by atoms with van der Waals surface area (Å²) in [5.74, 6) is 0. The van der Waals surface area contributed by atoms with E-state index in [-0.39, 0.29) is 12.1 Å². The number of benzene rings is 1. The molecule has 0 spiro atoms. The summed E-state index contributed by atoms with van der Waals surface area (Å²) in [7, 11) is 0. The number of urea groups is 1. The van der Waals surface area contributed by atoms with Gasteiger partial charge >= 0.3 is 6.03 Å². The van der Waals surface area contributed by atoms with Gasteiger partial charge in [-0.15, -0.1) is 0 Å². The number of unbranched alkanes of at least 4 members (excludes halogenated alkanes) is 1. The highest BCUT2D eigenvalue weighted by atomic mass is 35.5. The number of piperazine rings is 1. The van der Waals surface area contributed by atoms with Crippen molar-refractivity contribution in [2.24, 2.45) is 0 Å². The van der Waals surface area contributed by atoms with E-state index in [4.69, 9.17) is 11.6 Å². The molecule has 0 aliphatic carbocycles. The number of amides is 2. The van der Waals surface area contributed by atoms with Crippen molar-refractivity contribution < 1.29 is 4.79 Å². The molecule has 2 rings (SSSR count). The first-order valence-corrected chi connectivity index (χ1v) is 9.71. The van der Waals surface area contributed by atoms with Gasteiger partial charge in [-0.05, 0) is 50.6 Å². The molecule has 0 saturated carbocycles. The average Bonchev–Trinajstić information content (AvgIpc) is 2.62. The molecule has 1 unspecified atom stereocenters. The summed E-state index contributed by atoms with van der Waals surface area (Å²) < 4.78 is 0. The molecule has 0 aromatic heterocycles. The van der Waals surface area contributed by atoms with Gasteiger partial charge in [0.2, 0.25) is 0 Å². The van der Waals surface area contributed by atoms with Crippen molar-refractivity contribution in [1.82, 2.24) is 20.4 Å². The van der Waals surface area contributed by atoms with Gasteiger partial charge in [0.05, 0.1) is 6.04 Å². The molecule has 1 aromatic carbocycles. The summed E-state index contributed by atoms with van der Waals surface area (Å²) in [4.78, 5) is 17.0. The smallest absolute Gasteiger partial charge is 0.315 e. The van der Waals surface area contributed by atoms with E-state index in [2.05, 4.69) is 27.4 Å². The number of rotatable bonds is 8. The van der Waals surface area contributed by atoms with E-state index in [1.807, 2.05) is 31.2 Å². The van der Waals surface area contributed by atoms with Gasteiger partial charge in [-0.2, -0.15) is 0 Å². The van der Waals surface area contributed by atoms with Gasteiger partial charge in [-0.3, -0.25) is 0 Å². The Morgan fingerprint density at radius 3 is 2.60 bits per heavy atom. The Morgan fingerprint density at radius 2 is 1.92 bits per heavy atom. The molecule has 1 atom stereocenters. The van der Waals surface area contributed by atoms with Gasteiger partial charge in [0, 0.05) is 37.7 Å². The number of halogens is 1. The second-order valence-electron chi connectivity index (χ2n) is 6.66. The lowest BCUT2D eigenvalue weighted by molar-refractivity contribution is 0.135. The fourth-order valence-corrected chi connectivity index (χ4v) is 3.30. The molecular weight excluding hydrogens is 336 g/mol. The second kappa shape index (κ2) is 10.6. The SMILES string of the molecule is CCN1CCN(CCCCNC(=O)NC(C)c2cccc(Cl)c2)CC1. The summed E-state index contributed by atoms with van der Waals surface area (Å²) >= 11 is 5.99. The summed E-state index contributed by atoms with van der Waals surface area (Å²) in [6.45, 7) is 11.9. The Labute approximate surface area is 156 Å².